The fourth-order valence-corrected chi connectivity index (χ4v) is 3.98. The normalized spacial score (nSPS) is 13.4. The van der Waals surface area contributed by atoms with Crippen LogP contribution in [0.25, 0.3) is 5.52 Å². The number of esters is 1. The van der Waals surface area contributed by atoms with Crippen LogP contribution in [0.3, 0.4) is 0 Å². The molecule has 1 atom stereocenters. The quantitative estimate of drug-likeness (QED) is 0.253. The summed E-state index contributed by atoms with van der Waals surface area (Å²) in [5.74, 6) is -1.48. The molecule has 1 unspecified atom stereocenters. The van der Waals surface area contributed by atoms with Crippen LogP contribution < -0.4 is 15.5 Å². The van der Waals surface area contributed by atoms with Gasteiger partial charge in [0, 0.05) is 24.3 Å². The molecule has 1 aliphatic carbocycles. The Bertz CT molecular complexity index is 1450. The number of hydrogen-bond acceptors (Lipinski definition) is 9. The van der Waals surface area contributed by atoms with Crippen LogP contribution >= 0.6 is 0 Å². The lowest BCUT2D eigenvalue weighted by Crippen LogP contribution is -2.31. The first-order chi connectivity index (χ1) is 19.1. The molecule has 0 saturated heterocycles. The van der Waals surface area contributed by atoms with Crippen molar-refractivity contribution in [3.63, 3.8) is 0 Å². The maximum Gasteiger partial charge on any atom is 0.423 e. The van der Waals surface area contributed by atoms with Crippen LogP contribution in [-0.4, -0.2) is 69.1 Å². The van der Waals surface area contributed by atoms with Crippen molar-refractivity contribution >= 4 is 40.9 Å². The number of carbonyl (C=O) groups is 4. The molecule has 2 heterocycles. The minimum atomic E-state index is -1.40. The van der Waals surface area contributed by atoms with Gasteiger partial charge in [0.2, 0.25) is 6.79 Å². The second kappa shape index (κ2) is 12.1. The number of fused-ring (bicyclic) bond motifs is 1. The molecule has 40 heavy (non-hydrogen) atoms. The number of aromatic nitrogens is 3. The van der Waals surface area contributed by atoms with Crippen LogP contribution in [0.1, 0.15) is 65.0 Å². The SMILES string of the molecule is CCCNC(=O)c1cn2ncnc(N(C(=O)OCOC(=O)C(C)O)c3cc(C(=O)NC4CC4)ccc3C)c2c1C. The molecule has 3 N–H and O–H groups in total. The predicted octanol–water partition coefficient (Wildman–Crippen LogP) is 2.53. The number of anilines is 2. The predicted molar refractivity (Wildman–Crippen MR) is 143 cm³/mol. The highest BCUT2D eigenvalue weighted by Crippen LogP contribution is 2.34. The summed E-state index contributed by atoms with van der Waals surface area (Å²) in [6.45, 7) is 6.34. The lowest BCUT2D eigenvalue weighted by atomic mass is 10.1. The molecular formula is C27H32N6O7. The van der Waals surface area contributed by atoms with Gasteiger partial charge in [-0.25, -0.2) is 24.0 Å². The highest BCUT2D eigenvalue weighted by Gasteiger charge is 2.30. The minimum Gasteiger partial charge on any atom is -0.426 e. The topological polar surface area (TPSA) is 164 Å². The first-order valence-electron chi connectivity index (χ1n) is 13.0. The summed E-state index contributed by atoms with van der Waals surface area (Å²) in [4.78, 5) is 56.4. The number of aliphatic hydroxyl groups excluding tert-OH is 1. The highest BCUT2D eigenvalue weighted by atomic mass is 16.7. The molecule has 1 fully saturated rings. The van der Waals surface area contributed by atoms with Crippen molar-refractivity contribution in [2.45, 2.75) is 59.1 Å². The number of benzene rings is 1. The summed E-state index contributed by atoms with van der Waals surface area (Å²) in [7, 11) is 0. The second-order valence-corrected chi connectivity index (χ2v) is 9.55. The molecule has 13 nitrogen and oxygen atoms in total. The number of hydrogen-bond donors (Lipinski definition) is 3. The Hall–Kier alpha value is -4.52. The lowest BCUT2D eigenvalue weighted by molar-refractivity contribution is -0.160. The van der Waals surface area contributed by atoms with Gasteiger partial charge in [-0.15, -0.1) is 0 Å². The van der Waals surface area contributed by atoms with E-state index >= 15 is 0 Å². The van der Waals surface area contributed by atoms with Crippen LogP contribution in [0.2, 0.25) is 0 Å². The Morgan fingerprint density at radius 3 is 2.60 bits per heavy atom. The van der Waals surface area contributed by atoms with E-state index in [4.69, 9.17) is 9.47 Å². The average Bonchev–Trinajstić information content (AvgIpc) is 3.68. The molecule has 3 amide bonds. The van der Waals surface area contributed by atoms with E-state index in [1.165, 1.54) is 17.8 Å². The zero-order valence-corrected chi connectivity index (χ0v) is 22.8. The number of nitrogens with zero attached hydrogens (tertiary/aromatic N) is 4. The number of nitrogens with one attached hydrogen (secondary N) is 2. The van der Waals surface area contributed by atoms with Crippen molar-refractivity contribution in [2.24, 2.45) is 0 Å². The van der Waals surface area contributed by atoms with Crippen molar-refractivity contribution in [1.29, 1.82) is 0 Å². The van der Waals surface area contributed by atoms with Gasteiger partial charge in [-0.1, -0.05) is 13.0 Å². The fraction of sp³-hybridized carbons (Fsp3) is 0.407. The third-order valence-electron chi connectivity index (χ3n) is 6.33. The summed E-state index contributed by atoms with van der Waals surface area (Å²) in [5, 5.41) is 19.3. The molecule has 0 radical (unpaired) electrons. The van der Waals surface area contributed by atoms with Crippen LogP contribution in [0.15, 0.2) is 30.7 Å². The molecule has 0 aliphatic heterocycles. The Morgan fingerprint density at radius 2 is 1.93 bits per heavy atom. The van der Waals surface area contributed by atoms with Gasteiger partial charge in [-0.3, -0.25) is 9.59 Å². The van der Waals surface area contributed by atoms with Crippen molar-refractivity contribution in [2.75, 3.05) is 18.2 Å². The van der Waals surface area contributed by atoms with E-state index < -0.39 is 25.0 Å². The van der Waals surface area contributed by atoms with Crippen molar-refractivity contribution in [3.05, 3.63) is 53.0 Å². The molecule has 1 saturated carbocycles. The van der Waals surface area contributed by atoms with Gasteiger partial charge in [-0.05, 0) is 63.3 Å². The second-order valence-electron chi connectivity index (χ2n) is 9.55. The zero-order chi connectivity index (χ0) is 29.0. The summed E-state index contributed by atoms with van der Waals surface area (Å²) in [5.41, 5.74) is 2.44. The molecule has 2 aromatic heterocycles. The van der Waals surface area contributed by atoms with E-state index in [0.29, 0.717) is 34.3 Å². The van der Waals surface area contributed by atoms with Crippen molar-refractivity contribution in [1.82, 2.24) is 25.2 Å². The number of aliphatic hydroxyl groups is 1. The summed E-state index contributed by atoms with van der Waals surface area (Å²) < 4.78 is 11.5. The van der Waals surface area contributed by atoms with E-state index in [-0.39, 0.29) is 29.4 Å². The Labute approximate surface area is 230 Å². The molecule has 3 aromatic rings. The molecule has 0 spiro atoms. The van der Waals surface area contributed by atoms with Gasteiger partial charge in [0.15, 0.2) is 5.82 Å². The molecule has 1 aromatic carbocycles. The molecule has 1 aliphatic rings. The maximum absolute atomic E-state index is 13.6. The van der Waals surface area contributed by atoms with E-state index in [1.807, 2.05) is 6.92 Å². The lowest BCUT2D eigenvalue weighted by Gasteiger charge is -2.24. The van der Waals surface area contributed by atoms with Crippen LogP contribution in [-0.2, 0) is 14.3 Å². The average molecular weight is 553 g/mol. The summed E-state index contributed by atoms with van der Waals surface area (Å²) >= 11 is 0. The Balaban J connectivity index is 1.79. The molecular weight excluding hydrogens is 520 g/mol. The fourth-order valence-electron chi connectivity index (χ4n) is 3.98. The Kier molecular flexibility index (Phi) is 8.63. The largest absolute Gasteiger partial charge is 0.426 e. The number of aryl methyl sites for hydroxylation is 2. The number of rotatable bonds is 10. The summed E-state index contributed by atoms with van der Waals surface area (Å²) in [6.07, 6.45) is 2.97. The van der Waals surface area contributed by atoms with E-state index in [2.05, 4.69) is 20.7 Å². The Morgan fingerprint density at radius 1 is 1.18 bits per heavy atom. The third-order valence-corrected chi connectivity index (χ3v) is 6.33. The maximum atomic E-state index is 13.6. The molecule has 4 rings (SSSR count). The number of ether oxygens (including phenoxy) is 2. The van der Waals surface area contributed by atoms with Gasteiger partial charge < -0.3 is 25.2 Å². The first-order valence-corrected chi connectivity index (χ1v) is 13.0. The smallest absolute Gasteiger partial charge is 0.423 e. The molecule has 212 valence electrons. The standard InChI is InChI=1S/C27H32N6O7/c1-5-10-28-25(36)20-12-32-22(16(20)3)23(29-13-30-32)33(27(38)40-14-39-26(37)17(4)34)21-11-18(7-6-15(21)2)24(35)31-19-8-9-19/h6-7,11-13,17,19,34H,5,8-10,14H2,1-4H3,(H,28,36)(H,31,35). The molecule has 0 bridgehead atoms. The minimum absolute atomic E-state index is 0.0803. The summed E-state index contributed by atoms with van der Waals surface area (Å²) in [6, 6.07) is 5.02. The van der Waals surface area contributed by atoms with Crippen LogP contribution in [0, 0.1) is 13.8 Å². The van der Waals surface area contributed by atoms with Crippen LogP contribution in [0.4, 0.5) is 16.3 Å². The van der Waals surface area contributed by atoms with E-state index in [0.717, 1.165) is 24.2 Å². The van der Waals surface area contributed by atoms with E-state index in [9.17, 15) is 24.3 Å². The zero-order valence-electron chi connectivity index (χ0n) is 22.8. The van der Waals surface area contributed by atoms with Crippen LogP contribution in [0.5, 0.6) is 0 Å². The van der Waals surface area contributed by atoms with Gasteiger partial charge in [0.05, 0.1) is 11.3 Å². The number of amides is 3. The van der Waals surface area contributed by atoms with E-state index in [1.54, 1.807) is 38.2 Å². The van der Waals surface area contributed by atoms with Gasteiger partial charge in [0.25, 0.3) is 11.8 Å². The molecule has 13 heteroatoms. The van der Waals surface area contributed by atoms with Gasteiger partial charge in [-0.2, -0.15) is 5.10 Å². The van der Waals surface area contributed by atoms with Crippen molar-refractivity contribution < 1.29 is 33.8 Å². The van der Waals surface area contributed by atoms with Gasteiger partial charge in [0.1, 0.15) is 17.9 Å². The van der Waals surface area contributed by atoms with Crippen molar-refractivity contribution in [3.8, 4) is 0 Å². The third kappa shape index (κ3) is 6.20. The first kappa shape index (κ1) is 28.5. The monoisotopic (exact) mass is 552 g/mol. The highest BCUT2D eigenvalue weighted by molar-refractivity contribution is 6.05. The van der Waals surface area contributed by atoms with Gasteiger partial charge >= 0.3 is 12.1 Å². The number of carbonyl (C=O) groups excluding carboxylic acids is 4.